The fraction of sp³-hybridized carbons (Fsp3) is 0.0556. The molecule has 0 radical (unpaired) electrons. The number of anilines is 1. The molecule has 2 heterocycles. The van der Waals surface area contributed by atoms with E-state index in [1.165, 1.54) is 4.68 Å². The first kappa shape index (κ1) is 13.5. The maximum atomic E-state index is 12.8. The summed E-state index contributed by atoms with van der Waals surface area (Å²) in [6.45, 7) is 3.97. The Labute approximate surface area is 132 Å². The molecule has 4 rings (SSSR count). The molecule has 0 spiro atoms. The van der Waals surface area contributed by atoms with E-state index in [9.17, 15) is 4.79 Å². The summed E-state index contributed by atoms with van der Waals surface area (Å²) < 4.78 is 7.36. The zero-order valence-electron chi connectivity index (χ0n) is 12.6. The summed E-state index contributed by atoms with van der Waals surface area (Å²) in [4.78, 5) is 14.7. The van der Waals surface area contributed by atoms with Gasteiger partial charge in [0.15, 0.2) is 5.75 Å². The van der Waals surface area contributed by atoms with Crippen molar-refractivity contribution in [2.24, 2.45) is 0 Å². The SMILES string of the molecule is C=c1[nH]n(-c2ccccc2)c(=O)c1=C1Oc2ccccc2N1C. The highest BCUT2D eigenvalue weighted by Crippen LogP contribution is 2.37. The molecule has 0 saturated heterocycles. The number of hydrogen-bond acceptors (Lipinski definition) is 3. The first-order valence-electron chi connectivity index (χ1n) is 7.27. The van der Waals surface area contributed by atoms with Gasteiger partial charge in [0.25, 0.3) is 5.56 Å². The van der Waals surface area contributed by atoms with Gasteiger partial charge in [-0.05, 0) is 24.3 Å². The van der Waals surface area contributed by atoms with Gasteiger partial charge in [-0.1, -0.05) is 36.9 Å². The second-order valence-corrected chi connectivity index (χ2v) is 5.38. The zero-order valence-corrected chi connectivity index (χ0v) is 12.6. The number of aromatic nitrogens is 2. The van der Waals surface area contributed by atoms with Crippen LogP contribution in [0.4, 0.5) is 5.69 Å². The van der Waals surface area contributed by atoms with E-state index in [2.05, 4.69) is 11.7 Å². The molecule has 5 heteroatoms. The number of hydrogen-bond donors (Lipinski definition) is 1. The molecule has 1 aliphatic heterocycles. The molecule has 3 aromatic rings. The lowest BCUT2D eigenvalue weighted by atomic mass is 10.3. The monoisotopic (exact) mass is 305 g/mol. The Morgan fingerprint density at radius 3 is 2.48 bits per heavy atom. The van der Waals surface area contributed by atoms with Crippen molar-refractivity contribution in [3.05, 3.63) is 75.5 Å². The van der Waals surface area contributed by atoms with Crippen molar-refractivity contribution < 1.29 is 4.74 Å². The van der Waals surface area contributed by atoms with Crippen LogP contribution in [0, 0.1) is 0 Å². The molecule has 0 aliphatic carbocycles. The van der Waals surface area contributed by atoms with Crippen molar-refractivity contribution in [2.75, 3.05) is 11.9 Å². The van der Waals surface area contributed by atoms with Crippen molar-refractivity contribution in [3.8, 4) is 11.4 Å². The predicted molar refractivity (Wildman–Crippen MR) is 90.0 cm³/mol. The van der Waals surface area contributed by atoms with Crippen LogP contribution >= 0.6 is 0 Å². The van der Waals surface area contributed by atoms with Gasteiger partial charge in [-0.2, -0.15) is 0 Å². The third-order valence-corrected chi connectivity index (χ3v) is 3.93. The van der Waals surface area contributed by atoms with Crippen LogP contribution in [0.3, 0.4) is 0 Å². The minimum atomic E-state index is -0.184. The van der Waals surface area contributed by atoms with Crippen molar-refractivity contribution in [3.63, 3.8) is 0 Å². The van der Waals surface area contributed by atoms with Crippen LogP contribution in [-0.2, 0) is 0 Å². The number of fused-ring (bicyclic) bond motifs is 1. The second kappa shape index (κ2) is 4.91. The van der Waals surface area contributed by atoms with Gasteiger partial charge in [0, 0.05) is 7.05 Å². The molecular formula is C18H15N3O2. The van der Waals surface area contributed by atoms with Crippen LogP contribution in [0.15, 0.2) is 59.4 Å². The number of ether oxygens (including phenoxy) is 1. The lowest BCUT2D eigenvalue weighted by Gasteiger charge is -2.09. The van der Waals surface area contributed by atoms with Crippen molar-refractivity contribution >= 4 is 18.1 Å². The molecule has 1 aromatic heterocycles. The number of aromatic amines is 1. The summed E-state index contributed by atoms with van der Waals surface area (Å²) in [6, 6.07) is 17.1. The van der Waals surface area contributed by atoms with Gasteiger partial charge in [-0.3, -0.25) is 9.89 Å². The molecule has 5 nitrogen and oxygen atoms in total. The van der Waals surface area contributed by atoms with E-state index < -0.39 is 0 Å². The van der Waals surface area contributed by atoms with Gasteiger partial charge in [-0.25, -0.2) is 4.68 Å². The Hall–Kier alpha value is -3.21. The second-order valence-electron chi connectivity index (χ2n) is 5.38. The molecule has 0 bridgehead atoms. The Kier molecular flexibility index (Phi) is 2.87. The standard InChI is InChI=1S/C18H15N3O2/c1-12-16(17(22)21(19-12)13-8-4-3-5-9-13)18-20(2)14-10-6-7-11-15(14)23-18/h3-11,19H,1H2,2H3. The van der Waals surface area contributed by atoms with Crippen LogP contribution in [0.1, 0.15) is 0 Å². The molecule has 1 aliphatic rings. The van der Waals surface area contributed by atoms with Crippen LogP contribution < -0.4 is 25.8 Å². The lowest BCUT2D eigenvalue weighted by molar-refractivity contribution is 0.520. The quantitative estimate of drug-likeness (QED) is 0.734. The highest BCUT2D eigenvalue weighted by molar-refractivity contribution is 5.76. The summed E-state index contributed by atoms with van der Waals surface area (Å²) in [5, 5.41) is 3.98. The number of H-pyrrole nitrogens is 1. The molecule has 0 amide bonds. The van der Waals surface area contributed by atoms with Gasteiger partial charge >= 0.3 is 0 Å². The number of rotatable bonds is 1. The first-order valence-corrected chi connectivity index (χ1v) is 7.27. The Balaban J connectivity index is 1.97. The van der Waals surface area contributed by atoms with Gasteiger partial charge in [-0.15, -0.1) is 0 Å². The van der Waals surface area contributed by atoms with Crippen LogP contribution in [0.5, 0.6) is 5.75 Å². The topological polar surface area (TPSA) is 50.3 Å². The van der Waals surface area contributed by atoms with E-state index in [1.807, 2.05) is 66.5 Å². The third-order valence-electron chi connectivity index (χ3n) is 3.93. The molecule has 1 N–H and O–H groups in total. The molecule has 2 aromatic carbocycles. The first-order chi connectivity index (χ1) is 11.2. The van der Waals surface area contributed by atoms with Gasteiger partial charge in [0.05, 0.1) is 16.7 Å². The molecule has 0 saturated carbocycles. The number of benzene rings is 2. The molecule has 114 valence electrons. The molecular weight excluding hydrogens is 290 g/mol. The zero-order chi connectivity index (χ0) is 16.0. The Morgan fingerprint density at radius 2 is 1.74 bits per heavy atom. The van der Waals surface area contributed by atoms with E-state index in [4.69, 9.17) is 4.74 Å². The van der Waals surface area contributed by atoms with Crippen molar-refractivity contribution in [1.29, 1.82) is 0 Å². The molecule has 0 atom stereocenters. The highest BCUT2D eigenvalue weighted by atomic mass is 16.5. The van der Waals surface area contributed by atoms with Gasteiger partial charge < -0.3 is 9.64 Å². The maximum Gasteiger partial charge on any atom is 0.284 e. The van der Waals surface area contributed by atoms with E-state index in [1.54, 1.807) is 0 Å². The van der Waals surface area contributed by atoms with E-state index >= 15 is 0 Å². The van der Waals surface area contributed by atoms with E-state index in [0.717, 1.165) is 17.1 Å². The van der Waals surface area contributed by atoms with Crippen LogP contribution in [0.25, 0.3) is 18.1 Å². The fourth-order valence-electron chi connectivity index (χ4n) is 2.78. The van der Waals surface area contributed by atoms with E-state index in [-0.39, 0.29) is 5.56 Å². The largest absolute Gasteiger partial charge is 0.438 e. The summed E-state index contributed by atoms with van der Waals surface area (Å²) >= 11 is 0. The van der Waals surface area contributed by atoms with Crippen LogP contribution in [0.2, 0.25) is 0 Å². The molecule has 23 heavy (non-hydrogen) atoms. The fourth-order valence-corrected chi connectivity index (χ4v) is 2.78. The van der Waals surface area contributed by atoms with Crippen molar-refractivity contribution in [2.45, 2.75) is 0 Å². The minimum absolute atomic E-state index is 0.184. The minimum Gasteiger partial charge on any atom is -0.438 e. The number of nitrogens with zero attached hydrogens (tertiary/aromatic N) is 2. The highest BCUT2D eigenvalue weighted by Gasteiger charge is 2.25. The van der Waals surface area contributed by atoms with Gasteiger partial charge in [0.1, 0.15) is 5.22 Å². The van der Waals surface area contributed by atoms with Crippen LogP contribution in [-0.4, -0.2) is 16.8 Å². The van der Waals surface area contributed by atoms with E-state index in [0.29, 0.717) is 16.5 Å². The average molecular weight is 305 g/mol. The lowest BCUT2D eigenvalue weighted by Crippen LogP contribution is -2.40. The summed E-state index contributed by atoms with van der Waals surface area (Å²) in [5.74, 6) is 1.23. The normalized spacial score (nSPS) is 15.4. The van der Waals surface area contributed by atoms with Crippen molar-refractivity contribution in [1.82, 2.24) is 9.78 Å². The predicted octanol–water partition coefficient (Wildman–Crippen LogP) is 1.17. The average Bonchev–Trinajstić information content (AvgIpc) is 3.05. The number of para-hydroxylation sites is 3. The maximum absolute atomic E-state index is 12.8. The molecule has 0 fully saturated rings. The Morgan fingerprint density at radius 1 is 1.04 bits per heavy atom. The third kappa shape index (κ3) is 1.97. The molecule has 0 unspecified atom stereocenters. The smallest absolute Gasteiger partial charge is 0.284 e. The summed E-state index contributed by atoms with van der Waals surface area (Å²) in [5.41, 5.74) is 1.50. The number of nitrogens with one attached hydrogen (secondary N) is 1. The Bertz CT molecular complexity index is 1050. The summed E-state index contributed by atoms with van der Waals surface area (Å²) in [7, 11) is 1.87. The van der Waals surface area contributed by atoms with Gasteiger partial charge in [0.2, 0.25) is 5.88 Å². The summed E-state index contributed by atoms with van der Waals surface area (Å²) in [6.07, 6.45) is 0.